The number of aliphatic hydroxyl groups is 1. The topological polar surface area (TPSA) is 33.1 Å². The van der Waals surface area contributed by atoms with E-state index in [4.69, 9.17) is 0 Å². The highest BCUT2D eigenvalue weighted by Gasteiger charge is 2.12. The zero-order valence-corrected chi connectivity index (χ0v) is 12.7. The lowest BCUT2D eigenvalue weighted by atomic mass is 10.0. The van der Waals surface area contributed by atoms with Crippen molar-refractivity contribution in [2.45, 2.75) is 12.5 Å². The highest BCUT2D eigenvalue weighted by atomic mass is 127. The minimum Gasteiger partial charge on any atom is -0.388 e. The highest BCUT2D eigenvalue weighted by molar-refractivity contribution is 14.1. The van der Waals surface area contributed by atoms with E-state index >= 15 is 0 Å². The van der Waals surface area contributed by atoms with E-state index in [-0.39, 0.29) is 0 Å². The van der Waals surface area contributed by atoms with Crippen molar-refractivity contribution in [3.8, 4) is 0 Å². The summed E-state index contributed by atoms with van der Waals surface area (Å²) in [4.78, 5) is 3.96. The van der Waals surface area contributed by atoms with Crippen molar-refractivity contribution in [1.29, 1.82) is 0 Å². The Morgan fingerprint density at radius 3 is 2.65 bits per heavy atom. The van der Waals surface area contributed by atoms with E-state index in [1.54, 1.807) is 12.4 Å². The van der Waals surface area contributed by atoms with Crippen molar-refractivity contribution in [2.24, 2.45) is 0 Å². The molecule has 17 heavy (non-hydrogen) atoms. The average Bonchev–Trinajstić information content (AvgIpc) is 2.33. The van der Waals surface area contributed by atoms with Gasteiger partial charge in [-0.1, -0.05) is 15.9 Å². The van der Waals surface area contributed by atoms with Crippen molar-refractivity contribution in [3.05, 3.63) is 61.9 Å². The molecule has 1 aromatic carbocycles. The summed E-state index contributed by atoms with van der Waals surface area (Å²) in [6.07, 6.45) is 3.58. The molecule has 0 spiro atoms. The molecule has 2 aromatic rings. The van der Waals surface area contributed by atoms with Gasteiger partial charge in [-0.15, -0.1) is 0 Å². The Morgan fingerprint density at radius 1 is 1.24 bits per heavy atom. The van der Waals surface area contributed by atoms with Crippen molar-refractivity contribution in [1.82, 2.24) is 4.98 Å². The van der Waals surface area contributed by atoms with Crippen LogP contribution in [0.4, 0.5) is 0 Å². The molecule has 0 aliphatic rings. The standard InChI is InChI=1S/C13H11BrINO/c14-12-2-1-10(15)8-11(12)13(17)7-9-3-5-16-6-4-9/h1-6,8,13,17H,7H2. The van der Waals surface area contributed by atoms with Crippen LogP contribution in [0.2, 0.25) is 0 Å². The Bertz CT molecular complexity index is 504. The lowest BCUT2D eigenvalue weighted by Gasteiger charge is -2.13. The Balaban J connectivity index is 2.20. The molecule has 1 unspecified atom stereocenters. The van der Waals surface area contributed by atoms with Crippen LogP contribution >= 0.6 is 38.5 Å². The number of pyridine rings is 1. The van der Waals surface area contributed by atoms with E-state index in [1.807, 2.05) is 30.3 Å². The smallest absolute Gasteiger partial charge is 0.0841 e. The Labute approximate surface area is 122 Å². The molecule has 1 atom stereocenters. The van der Waals surface area contributed by atoms with E-state index in [2.05, 4.69) is 43.5 Å². The number of halogens is 2. The van der Waals surface area contributed by atoms with Gasteiger partial charge in [0.25, 0.3) is 0 Å². The third-order valence-corrected chi connectivity index (χ3v) is 3.89. The number of aliphatic hydroxyl groups excluding tert-OH is 1. The van der Waals surface area contributed by atoms with Gasteiger partial charge in [0.1, 0.15) is 0 Å². The number of benzene rings is 1. The van der Waals surface area contributed by atoms with E-state index in [9.17, 15) is 5.11 Å². The molecule has 2 nitrogen and oxygen atoms in total. The fraction of sp³-hybridized carbons (Fsp3) is 0.154. The Hall–Kier alpha value is -0.460. The van der Waals surface area contributed by atoms with Crippen LogP contribution in [0.25, 0.3) is 0 Å². The van der Waals surface area contributed by atoms with E-state index in [1.165, 1.54) is 0 Å². The number of hydrogen-bond acceptors (Lipinski definition) is 2. The molecule has 0 amide bonds. The SMILES string of the molecule is OC(Cc1ccncc1)c1cc(I)ccc1Br. The number of nitrogens with zero attached hydrogens (tertiary/aromatic N) is 1. The lowest BCUT2D eigenvalue weighted by Crippen LogP contribution is -2.03. The van der Waals surface area contributed by atoms with Crippen molar-refractivity contribution in [2.75, 3.05) is 0 Å². The van der Waals surface area contributed by atoms with Gasteiger partial charge in [-0.2, -0.15) is 0 Å². The lowest BCUT2D eigenvalue weighted by molar-refractivity contribution is 0.177. The second-order valence-corrected chi connectivity index (χ2v) is 5.84. The molecule has 1 heterocycles. The van der Waals surface area contributed by atoms with E-state index < -0.39 is 6.10 Å². The fourth-order valence-electron chi connectivity index (χ4n) is 1.62. The van der Waals surface area contributed by atoms with Crippen LogP contribution in [0, 0.1) is 3.57 Å². The largest absolute Gasteiger partial charge is 0.388 e. The number of rotatable bonds is 3. The predicted molar refractivity (Wildman–Crippen MR) is 79.8 cm³/mol. The molecule has 2 rings (SSSR count). The van der Waals surface area contributed by atoms with Gasteiger partial charge in [0.2, 0.25) is 0 Å². The molecular weight excluding hydrogens is 393 g/mol. The van der Waals surface area contributed by atoms with Gasteiger partial charge >= 0.3 is 0 Å². The van der Waals surface area contributed by atoms with E-state index in [0.717, 1.165) is 19.2 Å². The summed E-state index contributed by atoms with van der Waals surface area (Å²) in [5.41, 5.74) is 2.01. The maximum absolute atomic E-state index is 10.2. The highest BCUT2D eigenvalue weighted by Crippen LogP contribution is 2.27. The first kappa shape index (κ1) is 13.0. The van der Waals surface area contributed by atoms with Crippen LogP contribution in [0.5, 0.6) is 0 Å². The van der Waals surface area contributed by atoms with Crippen LogP contribution < -0.4 is 0 Å². The first-order chi connectivity index (χ1) is 8.16. The summed E-state index contributed by atoms with van der Waals surface area (Å²) in [5, 5.41) is 10.2. The van der Waals surface area contributed by atoms with Gasteiger partial charge in [0.05, 0.1) is 6.10 Å². The van der Waals surface area contributed by atoms with Gasteiger partial charge in [0.15, 0.2) is 0 Å². The second kappa shape index (κ2) is 5.93. The van der Waals surface area contributed by atoms with Crippen molar-refractivity contribution in [3.63, 3.8) is 0 Å². The maximum atomic E-state index is 10.2. The molecule has 1 aromatic heterocycles. The maximum Gasteiger partial charge on any atom is 0.0841 e. The summed E-state index contributed by atoms with van der Waals surface area (Å²) in [6.45, 7) is 0. The third kappa shape index (κ3) is 3.50. The molecule has 88 valence electrons. The first-order valence-corrected chi connectivity index (χ1v) is 7.06. The summed E-state index contributed by atoms with van der Waals surface area (Å²) in [6, 6.07) is 9.81. The van der Waals surface area contributed by atoms with Crippen LogP contribution in [0.3, 0.4) is 0 Å². The fourth-order valence-corrected chi connectivity index (χ4v) is 2.65. The molecule has 0 saturated heterocycles. The van der Waals surface area contributed by atoms with Crippen molar-refractivity contribution < 1.29 is 5.11 Å². The first-order valence-electron chi connectivity index (χ1n) is 5.19. The van der Waals surface area contributed by atoms with Crippen LogP contribution in [0.1, 0.15) is 17.2 Å². The Morgan fingerprint density at radius 2 is 1.94 bits per heavy atom. The molecule has 0 saturated carbocycles. The van der Waals surface area contributed by atoms with Gasteiger partial charge in [0, 0.05) is 26.9 Å². The average molecular weight is 404 g/mol. The van der Waals surface area contributed by atoms with Gasteiger partial charge < -0.3 is 5.11 Å². The molecule has 0 fully saturated rings. The molecule has 1 N–H and O–H groups in total. The normalized spacial score (nSPS) is 12.4. The van der Waals surface area contributed by atoms with Crippen LogP contribution in [-0.4, -0.2) is 10.1 Å². The summed E-state index contributed by atoms with van der Waals surface area (Å²) in [5.74, 6) is 0. The zero-order chi connectivity index (χ0) is 12.3. The second-order valence-electron chi connectivity index (χ2n) is 3.74. The molecule has 4 heteroatoms. The van der Waals surface area contributed by atoms with Gasteiger partial charge in [-0.3, -0.25) is 4.98 Å². The molecule has 0 aliphatic carbocycles. The molecular formula is C13H11BrINO. The molecule has 0 radical (unpaired) electrons. The minimum absolute atomic E-state index is 0.499. The number of aromatic nitrogens is 1. The van der Waals surface area contributed by atoms with Crippen LogP contribution in [0.15, 0.2) is 47.2 Å². The monoisotopic (exact) mass is 403 g/mol. The summed E-state index contributed by atoms with van der Waals surface area (Å²) < 4.78 is 2.06. The Kier molecular flexibility index (Phi) is 4.53. The van der Waals surface area contributed by atoms with Gasteiger partial charge in [-0.25, -0.2) is 0 Å². The third-order valence-electron chi connectivity index (χ3n) is 2.50. The van der Waals surface area contributed by atoms with Gasteiger partial charge in [-0.05, 0) is 64.0 Å². The predicted octanol–water partition coefficient (Wildman–Crippen LogP) is 3.72. The number of hydrogen-bond donors (Lipinski definition) is 1. The summed E-state index contributed by atoms with van der Waals surface area (Å²) in [7, 11) is 0. The summed E-state index contributed by atoms with van der Waals surface area (Å²) >= 11 is 5.71. The van der Waals surface area contributed by atoms with E-state index in [0.29, 0.717) is 6.42 Å². The molecule has 0 aliphatic heterocycles. The molecule has 0 bridgehead atoms. The van der Waals surface area contributed by atoms with Crippen LogP contribution in [-0.2, 0) is 6.42 Å². The zero-order valence-electron chi connectivity index (χ0n) is 8.98. The minimum atomic E-state index is -0.499. The van der Waals surface area contributed by atoms with Crippen molar-refractivity contribution >= 4 is 38.5 Å². The quantitative estimate of drug-likeness (QED) is 0.792.